The first-order chi connectivity index (χ1) is 14.6. The van der Waals surface area contributed by atoms with E-state index >= 15 is 0 Å². The number of fused-ring (bicyclic) bond motifs is 1. The van der Waals surface area contributed by atoms with E-state index in [1.54, 1.807) is 18.2 Å². The highest BCUT2D eigenvalue weighted by Crippen LogP contribution is 2.13. The molecule has 0 unspecified atom stereocenters. The second-order valence-corrected chi connectivity index (χ2v) is 6.97. The molecule has 30 heavy (non-hydrogen) atoms. The number of amides is 1. The molecule has 4 rings (SSSR count). The summed E-state index contributed by atoms with van der Waals surface area (Å²) in [6, 6.07) is 23.5. The Hall–Kier alpha value is -3.71. The molecule has 1 heterocycles. The van der Waals surface area contributed by atoms with Gasteiger partial charge in [-0.05, 0) is 54.7 Å². The third kappa shape index (κ3) is 4.16. The molecule has 0 radical (unpaired) electrons. The fourth-order valence-electron chi connectivity index (χ4n) is 3.12. The maximum atomic E-state index is 12.9. The van der Waals surface area contributed by atoms with E-state index in [2.05, 4.69) is 10.3 Å². The number of para-hydroxylation sites is 2. The average Bonchev–Trinajstić information content (AvgIpc) is 2.77. The summed E-state index contributed by atoms with van der Waals surface area (Å²) < 4.78 is 7.28. The first-order valence-corrected chi connectivity index (χ1v) is 9.85. The van der Waals surface area contributed by atoms with E-state index in [0.717, 1.165) is 5.75 Å². The molecule has 0 bridgehead atoms. The monoisotopic (exact) mass is 417 g/mol. The number of hydrogen-bond donors (Lipinski definition) is 2. The topological polar surface area (TPSA) is 76.1 Å². The van der Waals surface area contributed by atoms with Crippen molar-refractivity contribution in [3.8, 4) is 11.4 Å². The van der Waals surface area contributed by atoms with E-state index in [1.807, 2.05) is 60.7 Å². The summed E-state index contributed by atoms with van der Waals surface area (Å²) in [5.74, 6) is 0.500. The second kappa shape index (κ2) is 8.75. The molecule has 6 nitrogen and oxygen atoms in total. The number of aromatic amines is 1. The van der Waals surface area contributed by atoms with Crippen LogP contribution in [0.15, 0.2) is 83.7 Å². The molecule has 3 aromatic carbocycles. The standard InChI is InChI=1S/C23H19N3O3S/c27-21(24-13-14-29-18-9-5-2-6-10-18)16-11-12-19-20(15-16)25-23(30)26(22(19)28)17-7-3-1-4-8-17/h1-12,15H,13-14H2,(H,24,27)(H,25,30). The lowest BCUT2D eigenvalue weighted by Gasteiger charge is -2.10. The minimum atomic E-state index is -0.250. The van der Waals surface area contributed by atoms with E-state index in [9.17, 15) is 9.59 Å². The number of carbonyl (C=O) groups excluding carboxylic acids is 1. The molecule has 1 aromatic heterocycles. The van der Waals surface area contributed by atoms with E-state index < -0.39 is 0 Å². The van der Waals surface area contributed by atoms with Crippen molar-refractivity contribution in [2.75, 3.05) is 13.2 Å². The van der Waals surface area contributed by atoms with Crippen LogP contribution in [-0.4, -0.2) is 28.6 Å². The van der Waals surface area contributed by atoms with Gasteiger partial charge >= 0.3 is 0 Å². The third-order valence-electron chi connectivity index (χ3n) is 4.57. The number of hydrogen-bond acceptors (Lipinski definition) is 4. The van der Waals surface area contributed by atoms with Crippen LogP contribution in [0.4, 0.5) is 0 Å². The first-order valence-electron chi connectivity index (χ1n) is 9.44. The normalized spacial score (nSPS) is 10.7. The zero-order chi connectivity index (χ0) is 20.9. The van der Waals surface area contributed by atoms with Crippen LogP contribution in [-0.2, 0) is 0 Å². The highest BCUT2D eigenvalue weighted by Gasteiger charge is 2.11. The van der Waals surface area contributed by atoms with Crippen molar-refractivity contribution in [3.05, 3.63) is 99.6 Å². The molecule has 0 fully saturated rings. The van der Waals surface area contributed by atoms with Gasteiger partial charge in [-0.3, -0.25) is 14.2 Å². The summed E-state index contributed by atoms with van der Waals surface area (Å²) in [5.41, 5.74) is 1.41. The smallest absolute Gasteiger partial charge is 0.266 e. The Morgan fingerprint density at radius 2 is 1.70 bits per heavy atom. The zero-order valence-electron chi connectivity index (χ0n) is 16.0. The Morgan fingerprint density at radius 1 is 1.00 bits per heavy atom. The maximum Gasteiger partial charge on any atom is 0.266 e. The van der Waals surface area contributed by atoms with Crippen LogP contribution in [0.2, 0.25) is 0 Å². The van der Waals surface area contributed by atoms with Crippen molar-refractivity contribution >= 4 is 29.0 Å². The molecule has 0 aliphatic heterocycles. The summed E-state index contributed by atoms with van der Waals surface area (Å²) in [4.78, 5) is 28.5. The molecule has 7 heteroatoms. The Balaban J connectivity index is 1.51. The van der Waals surface area contributed by atoms with Gasteiger partial charge in [-0.2, -0.15) is 0 Å². The van der Waals surface area contributed by atoms with Gasteiger partial charge < -0.3 is 15.0 Å². The Labute approximate surface area is 177 Å². The molecule has 0 saturated heterocycles. The molecule has 4 aromatic rings. The lowest BCUT2D eigenvalue weighted by atomic mass is 10.1. The lowest BCUT2D eigenvalue weighted by molar-refractivity contribution is 0.0947. The van der Waals surface area contributed by atoms with Gasteiger partial charge in [-0.25, -0.2) is 0 Å². The van der Waals surface area contributed by atoms with E-state index in [0.29, 0.717) is 35.3 Å². The van der Waals surface area contributed by atoms with Crippen molar-refractivity contribution in [1.82, 2.24) is 14.9 Å². The fraction of sp³-hybridized carbons (Fsp3) is 0.0870. The lowest BCUT2D eigenvalue weighted by Crippen LogP contribution is -2.28. The van der Waals surface area contributed by atoms with Crippen LogP contribution in [0, 0.1) is 4.77 Å². The van der Waals surface area contributed by atoms with Crippen molar-refractivity contribution < 1.29 is 9.53 Å². The molecule has 0 aliphatic carbocycles. The Kier molecular flexibility index (Phi) is 5.72. The number of nitrogens with zero attached hydrogens (tertiary/aromatic N) is 1. The molecule has 1 amide bonds. The van der Waals surface area contributed by atoms with Crippen LogP contribution in [0.5, 0.6) is 5.75 Å². The molecule has 2 N–H and O–H groups in total. The van der Waals surface area contributed by atoms with E-state index in [-0.39, 0.29) is 16.2 Å². The summed E-state index contributed by atoms with van der Waals surface area (Å²) in [6.07, 6.45) is 0. The summed E-state index contributed by atoms with van der Waals surface area (Å²) >= 11 is 5.38. The van der Waals surface area contributed by atoms with Crippen molar-refractivity contribution in [1.29, 1.82) is 0 Å². The molecular weight excluding hydrogens is 398 g/mol. The van der Waals surface area contributed by atoms with Crippen molar-refractivity contribution in [2.24, 2.45) is 0 Å². The first kappa shape index (κ1) is 19.6. The van der Waals surface area contributed by atoms with Crippen LogP contribution in [0.3, 0.4) is 0 Å². The van der Waals surface area contributed by atoms with Gasteiger partial charge in [0, 0.05) is 5.56 Å². The minimum absolute atomic E-state index is 0.233. The third-order valence-corrected chi connectivity index (χ3v) is 4.86. The van der Waals surface area contributed by atoms with Crippen LogP contribution in [0.25, 0.3) is 16.6 Å². The predicted octanol–water partition coefficient (Wildman–Crippen LogP) is 3.86. The summed E-state index contributed by atoms with van der Waals surface area (Å²) in [7, 11) is 0. The van der Waals surface area contributed by atoms with Gasteiger partial charge in [0.1, 0.15) is 12.4 Å². The SMILES string of the molecule is O=C(NCCOc1ccccc1)c1ccc2c(=O)n(-c3ccccc3)c(=S)[nH]c2c1. The molecule has 150 valence electrons. The highest BCUT2D eigenvalue weighted by molar-refractivity contribution is 7.71. The van der Waals surface area contributed by atoms with E-state index in [4.69, 9.17) is 17.0 Å². The predicted molar refractivity (Wildman–Crippen MR) is 119 cm³/mol. The van der Waals surface area contributed by atoms with Gasteiger partial charge in [0.25, 0.3) is 11.5 Å². The molecule has 0 saturated carbocycles. The zero-order valence-corrected chi connectivity index (χ0v) is 16.8. The minimum Gasteiger partial charge on any atom is -0.492 e. The van der Waals surface area contributed by atoms with Gasteiger partial charge in [-0.15, -0.1) is 0 Å². The Bertz CT molecular complexity index is 1300. The molecule has 0 spiro atoms. The molecular formula is C23H19N3O3S. The van der Waals surface area contributed by atoms with Crippen LogP contribution < -0.4 is 15.6 Å². The van der Waals surface area contributed by atoms with E-state index in [1.165, 1.54) is 4.57 Å². The Morgan fingerprint density at radius 3 is 2.43 bits per heavy atom. The number of ether oxygens (including phenoxy) is 1. The second-order valence-electron chi connectivity index (χ2n) is 6.58. The number of nitrogens with one attached hydrogen (secondary N) is 2. The van der Waals surface area contributed by atoms with Gasteiger partial charge in [-0.1, -0.05) is 36.4 Å². The van der Waals surface area contributed by atoms with Crippen LogP contribution in [0.1, 0.15) is 10.4 Å². The van der Waals surface area contributed by atoms with Crippen molar-refractivity contribution in [3.63, 3.8) is 0 Å². The molecule has 0 atom stereocenters. The summed E-state index contributed by atoms with van der Waals surface area (Å²) in [6.45, 7) is 0.713. The highest BCUT2D eigenvalue weighted by atomic mass is 32.1. The number of aromatic nitrogens is 2. The fourth-order valence-corrected chi connectivity index (χ4v) is 3.42. The van der Waals surface area contributed by atoms with Crippen molar-refractivity contribution in [2.45, 2.75) is 0 Å². The van der Waals surface area contributed by atoms with Gasteiger partial charge in [0.15, 0.2) is 4.77 Å². The van der Waals surface area contributed by atoms with Crippen LogP contribution >= 0.6 is 12.2 Å². The maximum absolute atomic E-state index is 12.9. The largest absolute Gasteiger partial charge is 0.492 e. The number of H-pyrrole nitrogens is 1. The number of rotatable bonds is 6. The number of carbonyl (C=O) groups is 1. The van der Waals surface area contributed by atoms with Gasteiger partial charge in [0.2, 0.25) is 0 Å². The quantitative estimate of drug-likeness (QED) is 0.369. The average molecular weight is 417 g/mol. The molecule has 0 aliphatic rings. The number of benzene rings is 3. The van der Waals surface area contributed by atoms with Gasteiger partial charge in [0.05, 0.1) is 23.1 Å². The summed E-state index contributed by atoms with van der Waals surface area (Å²) in [5, 5.41) is 3.27.